The van der Waals surface area contributed by atoms with Crippen molar-refractivity contribution in [3.05, 3.63) is 65.7 Å². The van der Waals surface area contributed by atoms with Crippen molar-refractivity contribution in [2.45, 2.75) is 76.1 Å². The van der Waals surface area contributed by atoms with Gasteiger partial charge in [0, 0.05) is 25.2 Å². The molecular weight excluding hydrogens is 478 g/mol. The Morgan fingerprint density at radius 1 is 0.974 bits per heavy atom. The Balaban J connectivity index is 1.57. The molecule has 0 N–H and O–H groups in total. The maximum atomic E-state index is 13.8. The summed E-state index contributed by atoms with van der Waals surface area (Å²) < 4.78 is 10.9. The van der Waals surface area contributed by atoms with E-state index >= 15 is 0 Å². The molecule has 2 aliphatic rings. The SMILES string of the molecule is COc1ccc(CN2C[C@]3(CC[C@@](c4ccccc4)(N(C)C)CC3)N(CCC(=O)OC(C)(C)C)C2=O)cc1. The van der Waals surface area contributed by atoms with Gasteiger partial charge in [-0.05, 0) is 83.8 Å². The van der Waals surface area contributed by atoms with E-state index in [0.717, 1.165) is 37.0 Å². The highest BCUT2D eigenvalue weighted by Gasteiger charge is 2.54. The van der Waals surface area contributed by atoms with Crippen LogP contribution in [0.25, 0.3) is 0 Å². The van der Waals surface area contributed by atoms with E-state index in [-0.39, 0.29) is 29.5 Å². The zero-order valence-corrected chi connectivity index (χ0v) is 23.8. The monoisotopic (exact) mass is 521 g/mol. The molecule has 4 rings (SSSR count). The number of esters is 1. The summed E-state index contributed by atoms with van der Waals surface area (Å²) in [5, 5.41) is 0. The van der Waals surface area contributed by atoms with Gasteiger partial charge in [0.2, 0.25) is 0 Å². The summed E-state index contributed by atoms with van der Waals surface area (Å²) in [7, 11) is 5.96. The highest BCUT2D eigenvalue weighted by molar-refractivity contribution is 5.79. The summed E-state index contributed by atoms with van der Waals surface area (Å²) in [6, 6.07) is 18.6. The fourth-order valence-electron chi connectivity index (χ4n) is 6.18. The highest BCUT2D eigenvalue weighted by atomic mass is 16.6. The summed E-state index contributed by atoms with van der Waals surface area (Å²) in [4.78, 5) is 32.7. The molecule has 0 radical (unpaired) electrons. The predicted octanol–water partition coefficient (Wildman–Crippen LogP) is 5.43. The van der Waals surface area contributed by atoms with Gasteiger partial charge >= 0.3 is 12.0 Å². The van der Waals surface area contributed by atoms with Crippen LogP contribution < -0.4 is 4.74 Å². The molecule has 0 aromatic heterocycles. The molecule has 7 heteroatoms. The molecule has 0 atom stereocenters. The standard InChI is InChI=1S/C31H43N3O4/c1-29(2,3)38-27(35)16-21-34-28(36)33(22-24-12-14-26(37-6)15-13-24)23-30(34)17-19-31(20-18-30,32(4)5)25-10-8-7-9-11-25/h7-15H,16-23H2,1-6H3/t30-,31-. The van der Waals surface area contributed by atoms with Crippen LogP contribution in [0, 0.1) is 0 Å². The number of rotatable bonds is 8. The molecule has 1 aliphatic heterocycles. The van der Waals surface area contributed by atoms with Crippen molar-refractivity contribution in [1.29, 1.82) is 0 Å². The smallest absolute Gasteiger partial charge is 0.320 e. The Labute approximate surface area is 227 Å². The Morgan fingerprint density at radius 3 is 2.16 bits per heavy atom. The second kappa shape index (κ2) is 11.0. The van der Waals surface area contributed by atoms with Gasteiger partial charge in [0.1, 0.15) is 11.4 Å². The van der Waals surface area contributed by atoms with Gasteiger partial charge in [-0.1, -0.05) is 42.5 Å². The summed E-state index contributed by atoms with van der Waals surface area (Å²) in [5.74, 6) is 0.530. The number of benzene rings is 2. The van der Waals surface area contributed by atoms with Crippen molar-refractivity contribution in [1.82, 2.24) is 14.7 Å². The number of urea groups is 1. The molecule has 1 spiro atoms. The van der Waals surface area contributed by atoms with Crippen molar-refractivity contribution >= 4 is 12.0 Å². The van der Waals surface area contributed by atoms with Gasteiger partial charge in [-0.3, -0.25) is 9.69 Å². The Kier molecular flexibility index (Phi) is 8.07. The normalized spacial score (nSPS) is 23.8. The van der Waals surface area contributed by atoms with Gasteiger partial charge in [-0.2, -0.15) is 0 Å². The molecule has 2 aromatic carbocycles. The first-order valence-electron chi connectivity index (χ1n) is 13.6. The van der Waals surface area contributed by atoms with Crippen LogP contribution in [0.2, 0.25) is 0 Å². The fourth-order valence-corrected chi connectivity index (χ4v) is 6.18. The van der Waals surface area contributed by atoms with Crippen LogP contribution in [0.4, 0.5) is 4.79 Å². The minimum absolute atomic E-state index is 0.00133. The molecule has 1 saturated heterocycles. The average Bonchev–Trinajstić information content (AvgIpc) is 3.13. The number of nitrogens with zero attached hydrogens (tertiary/aromatic N) is 3. The van der Waals surface area contributed by atoms with Gasteiger partial charge < -0.3 is 19.3 Å². The zero-order chi connectivity index (χ0) is 27.6. The lowest BCUT2D eigenvalue weighted by molar-refractivity contribution is -0.155. The number of hydrogen-bond acceptors (Lipinski definition) is 5. The van der Waals surface area contributed by atoms with Crippen LogP contribution in [0.15, 0.2) is 54.6 Å². The molecule has 0 bridgehead atoms. The number of carbonyl (C=O) groups excluding carboxylic acids is 2. The molecule has 2 fully saturated rings. The third kappa shape index (κ3) is 5.83. The first-order valence-corrected chi connectivity index (χ1v) is 13.6. The van der Waals surface area contributed by atoms with E-state index < -0.39 is 5.60 Å². The van der Waals surface area contributed by atoms with E-state index in [0.29, 0.717) is 19.6 Å². The van der Waals surface area contributed by atoms with Crippen LogP contribution in [0.5, 0.6) is 5.75 Å². The molecule has 1 aliphatic carbocycles. The Hall–Kier alpha value is -3.06. The second-order valence-electron chi connectivity index (χ2n) is 12.0. The largest absolute Gasteiger partial charge is 0.497 e. The van der Waals surface area contributed by atoms with E-state index in [1.165, 1.54) is 5.56 Å². The van der Waals surface area contributed by atoms with Gasteiger partial charge in [0.15, 0.2) is 0 Å². The third-order valence-electron chi connectivity index (χ3n) is 8.23. The summed E-state index contributed by atoms with van der Waals surface area (Å²) in [6.07, 6.45) is 3.82. The quantitative estimate of drug-likeness (QED) is 0.433. The minimum atomic E-state index is -0.546. The van der Waals surface area contributed by atoms with Crippen LogP contribution >= 0.6 is 0 Å². The molecule has 1 saturated carbocycles. The molecule has 2 aromatic rings. The zero-order valence-electron chi connectivity index (χ0n) is 23.8. The van der Waals surface area contributed by atoms with Gasteiger partial charge in [-0.25, -0.2) is 4.79 Å². The molecule has 2 amide bonds. The molecule has 0 unspecified atom stereocenters. The van der Waals surface area contributed by atoms with Gasteiger partial charge in [-0.15, -0.1) is 0 Å². The number of amides is 2. The number of hydrogen-bond donors (Lipinski definition) is 0. The Bertz CT molecular complexity index is 1100. The highest BCUT2D eigenvalue weighted by Crippen LogP contribution is 2.49. The summed E-state index contributed by atoms with van der Waals surface area (Å²) in [6.45, 7) is 7.17. The third-order valence-corrected chi connectivity index (χ3v) is 8.23. The van der Waals surface area contributed by atoms with Crippen LogP contribution in [-0.4, -0.2) is 72.1 Å². The van der Waals surface area contributed by atoms with Crippen molar-refractivity contribution in [2.24, 2.45) is 0 Å². The summed E-state index contributed by atoms with van der Waals surface area (Å²) in [5.41, 5.74) is 1.46. The van der Waals surface area contributed by atoms with Crippen LogP contribution in [0.3, 0.4) is 0 Å². The number of methoxy groups -OCH3 is 1. The first kappa shape index (κ1) is 28.0. The van der Waals surface area contributed by atoms with E-state index in [4.69, 9.17) is 9.47 Å². The van der Waals surface area contributed by atoms with Crippen LogP contribution in [-0.2, 0) is 21.6 Å². The van der Waals surface area contributed by atoms with E-state index in [2.05, 4.69) is 49.3 Å². The maximum Gasteiger partial charge on any atom is 0.320 e. The second-order valence-corrected chi connectivity index (χ2v) is 12.0. The number of carbonyl (C=O) groups is 2. The average molecular weight is 522 g/mol. The topological polar surface area (TPSA) is 62.3 Å². The molecular formula is C31H43N3O4. The van der Waals surface area contributed by atoms with Gasteiger partial charge in [0.25, 0.3) is 0 Å². The molecule has 38 heavy (non-hydrogen) atoms. The molecule has 1 heterocycles. The van der Waals surface area contributed by atoms with Crippen molar-refractivity contribution in [3.8, 4) is 5.75 Å². The lowest BCUT2D eigenvalue weighted by Gasteiger charge is -2.51. The van der Waals surface area contributed by atoms with E-state index in [1.54, 1.807) is 7.11 Å². The van der Waals surface area contributed by atoms with Crippen LogP contribution in [0.1, 0.15) is 64.0 Å². The Morgan fingerprint density at radius 2 is 1.61 bits per heavy atom. The van der Waals surface area contributed by atoms with E-state index in [1.807, 2.05) is 54.8 Å². The molecule has 7 nitrogen and oxygen atoms in total. The maximum absolute atomic E-state index is 13.8. The predicted molar refractivity (Wildman–Crippen MR) is 149 cm³/mol. The fraction of sp³-hybridized carbons (Fsp3) is 0.548. The lowest BCUT2D eigenvalue weighted by Crippen LogP contribution is -2.55. The van der Waals surface area contributed by atoms with Gasteiger partial charge in [0.05, 0.1) is 19.1 Å². The van der Waals surface area contributed by atoms with Crippen molar-refractivity contribution in [2.75, 3.05) is 34.3 Å². The van der Waals surface area contributed by atoms with Crippen molar-refractivity contribution in [3.63, 3.8) is 0 Å². The minimum Gasteiger partial charge on any atom is -0.497 e. The summed E-state index contributed by atoms with van der Waals surface area (Å²) >= 11 is 0. The first-order chi connectivity index (χ1) is 18.0. The van der Waals surface area contributed by atoms with Crippen molar-refractivity contribution < 1.29 is 19.1 Å². The number of ether oxygens (including phenoxy) is 2. The van der Waals surface area contributed by atoms with E-state index in [9.17, 15) is 9.59 Å². The lowest BCUT2D eigenvalue weighted by atomic mass is 9.68. The molecule has 206 valence electrons.